The van der Waals surface area contributed by atoms with E-state index in [4.69, 9.17) is 23.2 Å². The van der Waals surface area contributed by atoms with Crippen molar-refractivity contribution in [3.63, 3.8) is 0 Å². The number of aromatic hydroxyl groups is 1. The van der Waals surface area contributed by atoms with Crippen LogP contribution < -0.4 is 5.56 Å². The van der Waals surface area contributed by atoms with Gasteiger partial charge >= 0.3 is 0 Å². The largest absolute Gasteiger partial charge is 0.494 e. The molecule has 0 spiro atoms. The first-order chi connectivity index (χ1) is 13.1. The molecule has 0 bridgehead atoms. The van der Waals surface area contributed by atoms with Gasteiger partial charge in [0.2, 0.25) is 5.88 Å². The van der Waals surface area contributed by atoms with Crippen molar-refractivity contribution < 1.29 is 13.5 Å². The van der Waals surface area contributed by atoms with Gasteiger partial charge in [-0.25, -0.2) is 8.42 Å². The van der Waals surface area contributed by atoms with Crippen molar-refractivity contribution in [3.8, 4) is 11.9 Å². The molecule has 1 N–H and O–H groups in total. The monoisotopic (exact) mass is 439 g/mol. The molecule has 0 radical (unpaired) electrons. The van der Waals surface area contributed by atoms with Crippen LogP contribution in [-0.2, 0) is 9.84 Å². The molecular weight excluding hydrogens is 425 g/mol. The topological polar surface area (TPSA) is 113 Å². The Morgan fingerprint density at radius 2 is 2.11 bits per heavy atom. The van der Waals surface area contributed by atoms with Crippen molar-refractivity contribution in [1.29, 1.82) is 5.26 Å². The summed E-state index contributed by atoms with van der Waals surface area (Å²) in [5.74, 6) is -0.783. The number of rotatable bonds is 3. The molecule has 146 valence electrons. The smallest absolute Gasteiger partial charge is 0.271 e. The summed E-state index contributed by atoms with van der Waals surface area (Å²) in [4.78, 5) is 16.9. The lowest BCUT2D eigenvalue weighted by Gasteiger charge is -2.18. The second-order valence-corrected chi connectivity index (χ2v) is 9.51. The summed E-state index contributed by atoms with van der Waals surface area (Å²) in [7, 11) is -3.30. The number of nitriles is 1. The highest BCUT2D eigenvalue weighted by Gasteiger charge is 2.33. The zero-order valence-electron chi connectivity index (χ0n) is 14.7. The van der Waals surface area contributed by atoms with Gasteiger partial charge in [-0.2, -0.15) is 5.26 Å². The number of benzene rings is 1. The Hall–Kier alpha value is -2.34. The third kappa shape index (κ3) is 3.78. The van der Waals surface area contributed by atoms with E-state index in [1.807, 2.05) is 6.07 Å². The molecular formula is C18H15Cl2N3O4S. The number of pyridine rings is 1. The quantitative estimate of drug-likeness (QED) is 0.737. The number of halogens is 2. The number of hydrogen-bond acceptors (Lipinski definition) is 6. The fourth-order valence-corrected chi connectivity index (χ4v) is 5.29. The molecule has 1 aliphatic heterocycles. The molecule has 1 fully saturated rings. The summed E-state index contributed by atoms with van der Waals surface area (Å²) >= 11 is 11.9. The van der Waals surface area contributed by atoms with Gasteiger partial charge in [-0.3, -0.25) is 14.4 Å². The van der Waals surface area contributed by atoms with Gasteiger partial charge in [0.1, 0.15) is 11.6 Å². The van der Waals surface area contributed by atoms with Crippen molar-refractivity contribution in [3.05, 3.63) is 55.3 Å². The summed E-state index contributed by atoms with van der Waals surface area (Å²) < 4.78 is 24.6. The predicted molar refractivity (Wildman–Crippen MR) is 108 cm³/mol. The molecule has 1 atom stereocenters. The molecule has 2 heterocycles. The maximum Gasteiger partial charge on any atom is 0.271 e. The Balaban J connectivity index is 2.16. The molecule has 7 nitrogen and oxygen atoms in total. The van der Waals surface area contributed by atoms with Crippen molar-refractivity contribution in [2.24, 2.45) is 4.99 Å². The van der Waals surface area contributed by atoms with E-state index >= 15 is 0 Å². The van der Waals surface area contributed by atoms with Crippen LogP contribution in [0.5, 0.6) is 5.88 Å². The lowest BCUT2D eigenvalue weighted by atomic mass is 10.0. The van der Waals surface area contributed by atoms with Crippen molar-refractivity contribution >= 4 is 44.9 Å². The van der Waals surface area contributed by atoms with Crippen LogP contribution in [0.3, 0.4) is 0 Å². The van der Waals surface area contributed by atoms with Gasteiger partial charge in [0.15, 0.2) is 9.84 Å². The first-order valence-electron chi connectivity index (χ1n) is 8.22. The number of aliphatic imine (C=N–C) groups is 1. The summed E-state index contributed by atoms with van der Waals surface area (Å²) in [6.07, 6.45) is 1.48. The van der Waals surface area contributed by atoms with Gasteiger partial charge < -0.3 is 5.11 Å². The summed E-state index contributed by atoms with van der Waals surface area (Å²) in [5, 5.41) is 20.8. The van der Waals surface area contributed by atoms with E-state index in [1.165, 1.54) is 19.2 Å². The minimum absolute atomic E-state index is 0.0802. The summed E-state index contributed by atoms with van der Waals surface area (Å²) in [5.41, 5.74) is -0.126. The number of nitrogens with zero attached hydrogens (tertiary/aromatic N) is 3. The van der Waals surface area contributed by atoms with Crippen LogP contribution in [0.4, 0.5) is 5.69 Å². The molecule has 0 aliphatic carbocycles. The van der Waals surface area contributed by atoms with Gasteiger partial charge in [-0.05, 0) is 37.1 Å². The van der Waals surface area contributed by atoms with Crippen LogP contribution in [0.15, 0.2) is 28.0 Å². The SMILES string of the molecule is Cc1c(C=Nc2ccc(Cl)cc2Cl)c(O)n([C@@H]2CCS(=O)(=O)C2)c(=O)c1C#N. The van der Waals surface area contributed by atoms with E-state index in [0.717, 1.165) is 4.57 Å². The summed E-state index contributed by atoms with van der Waals surface area (Å²) in [6.45, 7) is 1.51. The Morgan fingerprint density at radius 3 is 2.68 bits per heavy atom. The van der Waals surface area contributed by atoms with Crippen LogP contribution in [0, 0.1) is 18.3 Å². The number of sulfone groups is 1. The lowest BCUT2D eigenvalue weighted by molar-refractivity contribution is 0.379. The third-order valence-electron chi connectivity index (χ3n) is 4.61. The maximum atomic E-state index is 12.7. The standard InChI is InChI=1S/C18H15Cl2N3O4S/c1-10-13(7-21)17(24)23(12-4-5-28(26,27)9-12)18(25)14(10)8-22-16-3-2-11(19)6-15(16)20/h2-3,6,8,12,25H,4-5,9H2,1H3/t12-/m1/s1. The first kappa shape index (κ1) is 20.4. The molecule has 1 aliphatic rings. The molecule has 2 aromatic rings. The zero-order chi connectivity index (χ0) is 20.6. The van der Waals surface area contributed by atoms with Crippen molar-refractivity contribution in [2.75, 3.05) is 11.5 Å². The highest BCUT2D eigenvalue weighted by atomic mass is 35.5. The molecule has 0 saturated carbocycles. The van der Waals surface area contributed by atoms with E-state index in [2.05, 4.69) is 4.99 Å². The maximum absolute atomic E-state index is 12.7. The van der Waals surface area contributed by atoms with Gasteiger partial charge in [0.05, 0.1) is 33.8 Å². The van der Waals surface area contributed by atoms with E-state index < -0.39 is 27.3 Å². The Bertz CT molecular complexity index is 1200. The first-order valence-corrected chi connectivity index (χ1v) is 10.8. The number of aromatic nitrogens is 1. The fraction of sp³-hybridized carbons (Fsp3) is 0.278. The zero-order valence-corrected chi connectivity index (χ0v) is 17.0. The van der Waals surface area contributed by atoms with Gasteiger partial charge in [0.25, 0.3) is 5.56 Å². The lowest BCUT2D eigenvalue weighted by Crippen LogP contribution is -2.29. The normalized spacial score (nSPS) is 18.4. The van der Waals surface area contributed by atoms with E-state index in [9.17, 15) is 23.6 Å². The Kier molecular flexibility index (Phi) is 5.53. The highest BCUT2D eigenvalue weighted by molar-refractivity contribution is 7.91. The van der Waals surface area contributed by atoms with E-state index in [-0.39, 0.29) is 39.6 Å². The summed E-state index contributed by atoms with van der Waals surface area (Å²) in [6, 6.07) is 5.78. The Labute approximate surface area is 171 Å². The van der Waals surface area contributed by atoms with E-state index in [0.29, 0.717) is 10.7 Å². The number of hydrogen-bond donors (Lipinski definition) is 1. The minimum atomic E-state index is -3.30. The average Bonchev–Trinajstić information content (AvgIpc) is 2.96. The molecule has 1 aromatic carbocycles. The molecule has 1 aromatic heterocycles. The van der Waals surface area contributed by atoms with Gasteiger partial charge in [0, 0.05) is 11.2 Å². The van der Waals surface area contributed by atoms with Crippen molar-refractivity contribution in [1.82, 2.24) is 4.57 Å². The van der Waals surface area contributed by atoms with E-state index in [1.54, 1.807) is 12.1 Å². The van der Waals surface area contributed by atoms with Crippen LogP contribution in [0.1, 0.15) is 29.2 Å². The van der Waals surface area contributed by atoms with Gasteiger partial charge in [-0.15, -0.1) is 0 Å². The second-order valence-electron chi connectivity index (χ2n) is 6.44. The van der Waals surface area contributed by atoms with Crippen molar-refractivity contribution in [2.45, 2.75) is 19.4 Å². The molecule has 0 unspecified atom stereocenters. The molecule has 0 amide bonds. The predicted octanol–water partition coefficient (Wildman–Crippen LogP) is 3.15. The van der Waals surface area contributed by atoms with Crippen LogP contribution in [0.2, 0.25) is 10.0 Å². The molecule has 10 heteroatoms. The molecule has 1 saturated heterocycles. The Morgan fingerprint density at radius 1 is 1.39 bits per heavy atom. The third-order valence-corrected chi connectivity index (χ3v) is 6.90. The minimum Gasteiger partial charge on any atom is -0.494 e. The molecule has 3 rings (SSSR count). The van der Waals surface area contributed by atoms with Crippen LogP contribution in [-0.4, -0.2) is 35.8 Å². The second kappa shape index (κ2) is 7.59. The molecule has 28 heavy (non-hydrogen) atoms. The van der Waals surface area contributed by atoms with Crippen LogP contribution in [0.25, 0.3) is 0 Å². The fourth-order valence-electron chi connectivity index (χ4n) is 3.13. The average molecular weight is 440 g/mol. The van der Waals surface area contributed by atoms with Gasteiger partial charge in [-0.1, -0.05) is 23.2 Å². The van der Waals surface area contributed by atoms with Crippen LogP contribution >= 0.6 is 23.2 Å². The highest BCUT2D eigenvalue weighted by Crippen LogP contribution is 2.31.